The predicted molar refractivity (Wildman–Crippen MR) is 111 cm³/mol. The molecule has 6 nitrogen and oxygen atoms in total. The Morgan fingerprint density at radius 1 is 1.11 bits per heavy atom. The molecule has 0 aromatic heterocycles. The number of guanidine groups is 1. The molecule has 1 heterocycles. The monoisotopic (exact) mass is 371 g/mol. The second-order valence-electron chi connectivity index (χ2n) is 7.90. The smallest absolute Gasteiger partial charge is 0.230 e. The highest BCUT2D eigenvalue weighted by Gasteiger charge is 2.42. The van der Waals surface area contributed by atoms with Gasteiger partial charge in [-0.1, -0.05) is 31.0 Å². The maximum atomic E-state index is 12.8. The molecule has 1 saturated carbocycles. The topological polar surface area (TPSA) is 51.2 Å². The van der Waals surface area contributed by atoms with Gasteiger partial charge in [0.15, 0.2) is 5.96 Å². The molecule has 0 bridgehead atoms. The van der Waals surface area contributed by atoms with Gasteiger partial charge in [0.05, 0.1) is 5.41 Å². The van der Waals surface area contributed by atoms with Crippen LogP contribution in [0, 0.1) is 5.41 Å². The van der Waals surface area contributed by atoms with E-state index in [4.69, 9.17) is 0 Å². The van der Waals surface area contributed by atoms with E-state index in [-0.39, 0.29) is 11.3 Å². The summed E-state index contributed by atoms with van der Waals surface area (Å²) in [6, 6.07) is 10.6. The number of para-hydroxylation sites is 1. The Balaban J connectivity index is 1.57. The van der Waals surface area contributed by atoms with Crippen molar-refractivity contribution >= 4 is 17.6 Å². The molecular weight excluding hydrogens is 338 g/mol. The quantitative estimate of drug-likeness (QED) is 0.650. The molecule has 1 aliphatic carbocycles. The highest BCUT2D eigenvalue weighted by atomic mass is 16.2. The highest BCUT2D eigenvalue weighted by Crippen LogP contribution is 2.39. The third-order valence-corrected chi connectivity index (χ3v) is 5.92. The molecular formula is C21H33N5O. The molecule has 6 heteroatoms. The van der Waals surface area contributed by atoms with Gasteiger partial charge < -0.3 is 20.0 Å². The van der Waals surface area contributed by atoms with Gasteiger partial charge in [-0.2, -0.15) is 0 Å². The Morgan fingerprint density at radius 2 is 1.74 bits per heavy atom. The first kappa shape index (κ1) is 19.5. The van der Waals surface area contributed by atoms with Crippen LogP contribution in [0.5, 0.6) is 0 Å². The van der Waals surface area contributed by atoms with Gasteiger partial charge >= 0.3 is 0 Å². The third kappa shape index (κ3) is 4.37. The summed E-state index contributed by atoms with van der Waals surface area (Å²) in [6.45, 7) is 4.50. The molecule has 1 saturated heterocycles. The van der Waals surface area contributed by atoms with Crippen LogP contribution in [-0.4, -0.2) is 75.5 Å². The summed E-state index contributed by atoms with van der Waals surface area (Å²) in [4.78, 5) is 23.7. The number of hydrogen-bond donors (Lipinski definition) is 1. The number of anilines is 1. The van der Waals surface area contributed by atoms with Gasteiger partial charge in [-0.3, -0.25) is 9.79 Å². The third-order valence-electron chi connectivity index (χ3n) is 5.92. The van der Waals surface area contributed by atoms with E-state index in [2.05, 4.69) is 50.4 Å². The summed E-state index contributed by atoms with van der Waals surface area (Å²) >= 11 is 0. The van der Waals surface area contributed by atoms with E-state index in [1.807, 2.05) is 21.1 Å². The first-order valence-electron chi connectivity index (χ1n) is 10.0. The fourth-order valence-corrected chi connectivity index (χ4v) is 4.39. The number of nitrogens with zero attached hydrogens (tertiary/aromatic N) is 4. The van der Waals surface area contributed by atoms with Crippen molar-refractivity contribution in [3.8, 4) is 0 Å². The Hall–Kier alpha value is -2.24. The lowest BCUT2D eigenvalue weighted by molar-refractivity contribution is -0.138. The van der Waals surface area contributed by atoms with Crippen LogP contribution < -0.4 is 10.2 Å². The number of benzene rings is 1. The van der Waals surface area contributed by atoms with Crippen LogP contribution in [0.3, 0.4) is 0 Å². The van der Waals surface area contributed by atoms with Gasteiger partial charge in [0.2, 0.25) is 5.91 Å². The average Bonchev–Trinajstić information content (AvgIpc) is 3.19. The molecule has 1 aromatic carbocycles. The number of amides is 1. The van der Waals surface area contributed by atoms with E-state index >= 15 is 0 Å². The van der Waals surface area contributed by atoms with Crippen molar-refractivity contribution in [3.05, 3.63) is 30.3 Å². The van der Waals surface area contributed by atoms with Gasteiger partial charge in [-0.05, 0) is 25.0 Å². The number of rotatable bonds is 4. The van der Waals surface area contributed by atoms with Crippen molar-refractivity contribution in [2.24, 2.45) is 10.4 Å². The number of nitrogens with one attached hydrogen (secondary N) is 1. The minimum atomic E-state index is -0.273. The molecule has 2 aliphatic rings. The maximum absolute atomic E-state index is 12.8. The number of piperazine rings is 1. The molecule has 0 radical (unpaired) electrons. The normalized spacial score (nSPS) is 19.9. The van der Waals surface area contributed by atoms with Gasteiger partial charge in [0.1, 0.15) is 0 Å². The van der Waals surface area contributed by atoms with Crippen LogP contribution in [0.25, 0.3) is 0 Å². The molecule has 0 unspecified atom stereocenters. The fraction of sp³-hybridized carbons (Fsp3) is 0.619. The Kier molecular flexibility index (Phi) is 6.24. The van der Waals surface area contributed by atoms with Crippen molar-refractivity contribution in [1.29, 1.82) is 0 Å². The summed E-state index contributed by atoms with van der Waals surface area (Å²) < 4.78 is 0. The molecule has 1 N–H and O–H groups in total. The SMILES string of the molecule is CN=C(NCC1(C(=O)N(C)C)CCCC1)N1CCN(c2ccccc2)CC1. The molecule has 1 amide bonds. The summed E-state index contributed by atoms with van der Waals surface area (Å²) in [5.74, 6) is 1.16. The minimum Gasteiger partial charge on any atom is -0.368 e. The predicted octanol–water partition coefficient (Wildman–Crippen LogP) is 2.03. The number of hydrogen-bond acceptors (Lipinski definition) is 3. The van der Waals surface area contributed by atoms with Crippen molar-refractivity contribution in [1.82, 2.24) is 15.1 Å². The molecule has 0 spiro atoms. The summed E-state index contributed by atoms with van der Waals surface area (Å²) in [5.41, 5.74) is 1.01. The zero-order chi connectivity index (χ0) is 19.3. The zero-order valence-electron chi connectivity index (χ0n) is 16.9. The molecule has 2 fully saturated rings. The average molecular weight is 372 g/mol. The molecule has 3 rings (SSSR count). The second-order valence-corrected chi connectivity index (χ2v) is 7.90. The lowest BCUT2D eigenvalue weighted by Gasteiger charge is -2.39. The first-order valence-corrected chi connectivity index (χ1v) is 10.0. The van der Waals surface area contributed by atoms with Gasteiger partial charge in [0, 0.05) is 59.6 Å². The molecule has 1 aliphatic heterocycles. The Labute approximate surface area is 163 Å². The highest BCUT2D eigenvalue weighted by molar-refractivity contribution is 5.85. The van der Waals surface area contributed by atoms with Crippen LogP contribution >= 0.6 is 0 Å². The Bertz CT molecular complexity index is 644. The number of carbonyl (C=O) groups is 1. The maximum Gasteiger partial charge on any atom is 0.230 e. The van der Waals surface area contributed by atoms with Crippen molar-refractivity contribution < 1.29 is 4.79 Å². The van der Waals surface area contributed by atoms with Crippen LogP contribution in [0.1, 0.15) is 25.7 Å². The second kappa shape index (κ2) is 8.63. The fourth-order valence-electron chi connectivity index (χ4n) is 4.39. The van der Waals surface area contributed by atoms with Crippen molar-refractivity contribution in [2.75, 3.05) is 58.8 Å². The zero-order valence-corrected chi connectivity index (χ0v) is 16.9. The number of aliphatic imine (C=N–C) groups is 1. The van der Waals surface area contributed by atoms with E-state index in [1.54, 1.807) is 4.90 Å². The van der Waals surface area contributed by atoms with Crippen LogP contribution in [0.2, 0.25) is 0 Å². The molecule has 0 atom stereocenters. The van der Waals surface area contributed by atoms with Crippen LogP contribution in [0.15, 0.2) is 35.3 Å². The molecule has 1 aromatic rings. The minimum absolute atomic E-state index is 0.247. The molecule has 148 valence electrons. The van der Waals surface area contributed by atoms with E-state index in [0.717, 1.165) is 57.8 Å². The van der Waals surface area contributed by atoms with Gasteiger partial charge in [-0.25, -0.2) is 0 Å². The standard InChI is InChI=1S/C21H33N5O/c1-22-20(23-17-21(11-7-8-12-21)19(27)24(2)3)26-15-13-25(14-16-26)18-9-5-4-6-10-18/h4-6,9-10H,7-8,11-17H2,1-3H3,(H,22,23). The number of carbonyl (C=O) groups excluding carboxylic acids is 1. The van der Waals surface area contributed by atoms with Crippen LogP contribution in [0.4, 0.5) is 5.69 Å². The van der Waals surface area contributed by atoms with Crippen molar-refractivity contribution in [3.63, 3.8) is 0 Å². The summed E-state index contributed by atoms with van der Waals surface area (Å²) in [6.07, 6.45) is 4.21. The van der Waals surface area contributed by atoms with E-state index in [0.29, 0.717) is 6.54 Å². The summed E-state index contributed by atoms with van der Waals surface area (Å²) in [7, 11) is 5.56. The van der Waals surface area contributed by atoms with E-state index in [1.165, 1.54) is 5.69 Å². The lowest BCUT2D eigenvalue weighted by atomic mass is 9.84. The Morgan fingerprint density at radius 3 is 2.30 bits per heavy atom. The van der Waals surface area contributed by atoms with E-state index in [9.17, 15) is 4.79 Å². The van der Waals surface area contributed by atoms with Crippen LogP contribution in [-0.2, 0) is 4.79 Å². The van der Waals surface area contributed by atoms with E-state index < -0.39 is 0 Å². The largest absolute Gasteiger partial charge is 0.368 e. The first-order chi connectivity index (χ1) is 13.1. The van der Waals surface area contributed by atoms with Gasteiger partial charge in [-0.15, -0.1) is 0 Å². The van der Waals surface area contributed by atoms with Gasteiger partial charge in [0.25, 0.3) is 0 Å². The lowest BCUT2D eigenvalue weighted by Crippen LogP contribution is -2.55. The van der Waals surface area contributed by atoms with Crippen molar-refractivity contribution in [2.45, 2.75) is 25.7 Å². The molecule has 27 heavy (non-hydrogen) atoms. The summed E-state index contributed by atoms with van der Waals surface area (Å²) in [5, 5.41) is 3.52.